The van der Waals surface area contributed by atoms with Gasteiger partial charge < -0.3 is 15.3 Å². The van der Waals surface area contributed by atoms with Crippen molar-refractivity contribution in [3.05, 3.63) is 12.7 Å². The summed E-state index contributed by atoms with van der Waals surface area (Å²) in [5.41, 5.74) is -0.0807. The van der Waals surface area contributed by atoms with Gasteiger partial charge in [0, 0.05) is 25.6 Å². The molecule has 0 spiro atoms. The Morgan fingerprint density at radius 3 is 2.38 bits per heavy atom. The number of allylic oxidation sites excluding steroid dienone is 1. The number of unbranched alkanes of at least 4 members (excludes halogenated alkanes) is 1. The van der Waals surface area contributed by atoms with Crippen LogP contribution < -0.4 is 5.32 Å². The number of halogens is 1. The van der Waals surface area contributed by atoms with Crippen molar-refractivity contribution in [1.82, 2.24) is 10.2 Å². The average Bonchev–Trinajstić information content (AvgIpc) is 2.48. The third-order valence-electron chi connectivity index (χ3n) is 4.00. The molecule has 0 saturated carbocycles. The number of aliphatic hydroxyl groups is 1. The van der Waals surface area contributed by atoms with Gasteiger partial charge in [-0.15, -0.1) is 30.6 Å². The van der Waals surface area contributed by atoms with E-state index in [2.05, 4.69) is 44.6 Å². The summed E-state index contributed by atoms with van der Waals surface area (Å²) < 4.78 is 0. The zero-order valence-electron chi connectivity index (χ0n) is 14.2. The van der Waals surface area contributed by atoms with Gasteiger partial charge in [0.2, 0.25) is 0 Å². The van der Waals surface area contributed by atoms with Crippen molar-refractivity contribution in [3.8, 4) is 0 Å². The van der Waals surface area contributed by atoms with Gasteiger partial charge in [-0.25, -0.2) is 0 Å². The van der Waals surface area contributed by atoms with Crippen molar-refractivity contribution in [3.63, 3.8) is 0 Å². The molecular formula is C16H34IN3O. The van der Waals surface area contributed by atoms with Crippen molar-refractivity contribution in [1.29, 1.82) is 0 Å². The van der Waals surface area contributed by atoms with Gasteiger partial charge in [-0.05, 0) is 32.6 Å². The summed E-state index contributed by atoms with van der Waals surface area (Å²) in [5.74, 6) is 0.927. The topological polar surface area (TPSA) is 47.9 Å². The molecule has 2 N–H and O–H groups in total. The van der Waals surface area contributed by atoms with Crippen LogP contribution >= 0.6 is 24.0 Å². The Bertz CT molecular complexity index is 283. The summed E-state index contributed by atoms with van der Waals surface area (Å²) >= 11 is 0. The van der Waals surface area contributed by atoms with Gasteiger partial charge in [-0.3, -0.25) is 4.99 Å². The van der Waals surface area contributed by atoms with Crippen molar-refractivity contribution < 1.29 is 5.11 Å². The summed E-state index contributed by atoms with van der Waals surface area (Å²) in [6, 6.07) is 0. The largest absolute Gasteiger partial charge is 0.396 e. The molecule has 0 rings (SSSR count). The molecule has 0 aromatic heterocycles. The highest BCUT2D eigenvalue weighted by molar-refractivity contribution is 14.0. The van der Waals surface area contributed by atoms with Crippen molar-refractivity contribution in [2.75, 3.05) is 33.3 Å². The molecular weight excluding hydrogens is 377 g/mol. The van der Waals surface area contributed by atoms with Crippen LogP contribution in [0.4, 0.5) is 0 Å². The number of hydrogen-bond donors (Lipinski definition) is 2. The minimum absolute atomic E-state index is 0. The highest BCUT2D eigenvalue weighted by Crippen LogP contribution is 2.25. The molecule has 4 nitrogen and oxygen atoms in total. The van der Waals surface area contributed by atoms with Crippen LogP contribution in [0.1, 0.15) is 46.5 Å². The van der Waals surface area contributed by atoms with Gasteiger partial charge in [0.1, 0.15) is 0 Å². The van der Waals surface area contributed by atoms with E-state index >= 15 is 0 Å². The lowest BCUT2D eigenvalue weighted by atomic mass is 9.83. The minimum Gasteiger partial charge on any atom is -0.396 e. The normalized spacial score (nSPS) is 11.8. The molecule has 0 aromatic rings. The molecule has 0 unspecified atom stereocenters. The molecule has 0 bridgehead atoms. The molecule has 0 aliphatic carbocycles. The van der Waals surface area contributed by atoms with Gasteiger partial charge in [0.05, 0.1) is 13.2 Å². The Morgan fingerprint density at radius 2 is 1.95 bits per heavy atom. The van der Waals surface area contributed by atoms with Crippen molar-refractivity contribution in [2.45, 2.75) is 46.5 Å². The molecule has 21 heavy (non-hydrogen) atoms. The van der Waals surface area contributed by atoms with Crippen molar-refractivity contribution >= 4 is 29.9 Å². The molecule has 0 aliphatic rings. The van der Waals surface area contributed by atoms with E-state index in [-0.39, 0.29) is 36.0 Å². The lowest BCUT2D eigenvalue weighted by molar-refractivity contribution is 0.123. The number of hydrogen-bond acceptors (Lipinski definition) is 2. The van der Waals surface area contributed by atoms with Crippen LogP contribution in [0.5, 0.6) is 0 Å². The Balaban J connectivity index is 0. The predicted octanol–water partition coefficient (Wildman–Crippen LogP) is 3.27. The molecule has 126 valence electrons. The second-order valence-electron chi connectivity index (χ2n) is 5.39. The fourth-order valence-corrected chi connectivity index (χ4v) is 2.04. The number of nitrogens with zero attached hydrogens (tertiary/aromatic N) is 2. The lowest BCUT2D eigenvalue weighted by Crippen LogP contribution is -2.40. The average molecular weight is 411 g/mol. The Morgan fingerprint density at radius 1 is 1.33 bits per heavy atom. The first-order valence-corrected chi connectivity index (χ1v) is 7.80. The number of aliphatic hydroxyl groups excluding tert-OH is 1. The van der Waals surface area contributed by atoms with Crippen LogP contribution in [0.3, 0.4) is 0 Å². The minimum atomic E-state index is -0.0807. The van der Waals surface area contributed by atoms with E-state index in [1.807, 2.05) is 6.08 Å². The third kappa shape index (κ3) is 8.66. The van der Waals surface area contributed by atoms with Crippen LogP contribution in [0, 0.1) is 5.41 Å². The van der Waals surface area contributed by atoms with Gasteiger partial charge in [0.15, 0.2) is 5.96 Å². The Kier molecular flexibility index (Phi) is 14.6. The van der Waals surface area contributed by atoms with E-state index in [0.717, 1.165) is 44.7 Å². The van der Waals surface area contributed by atoms with Gasteiger partial charge in [-0.1, -0.05) is 19.9 Å². The molecule has 0 amide bonds. The van der Waals surface area contributed by atoms with Gasteiger partial charge >= 0.3 is 0 Å². The SMILES string of the molecule is C=CCCCN(C)C(=NCC(CC)(CC)CO)NCC.I. The number of guanidine groups is 1. The van der Waals surface area contributed by atoms with Crippen LogP contribution in [0.15, 0.2) is 17.6 Å². The lowest BCUT2D eigenvalue weighted by Gasteiger charge is -2.29. The monoisotopic (exact) mass is 411 g/mol. The summed E-state index contributed by atoms with van der Waals surface area (Å²) in [7, 11) is 2.06. The first-order valence-electron chi connectivity index (χ1n) is 7.80. The molecule has 0 radical (unpaired) electrons. The second kappa shape index (κ2) is 13.4. The maximum absolute atomic E-state index is 9.62. The quantitative estimate of drug-likeness (QED) is 0.191. The molecule has 0 aliphatic heterocycles. The van der Waals surface area contributed by atoms with E-state index in [1.165, 1.54) is 0 Å². The first-order chi connectivity index (χ1) is 9.59. The third-order valence-corrected chi connectivity index (χ3v) is 4.00. The molecule has 0 aromatic carbocycles. The zero-order chi connectivity index (χ0) is 15.4. The maximum Gasteiger partial charge on any atom is 0.193 e. The highest BCUT2D eigenvalue weighted by Gasteiger charge is 2.25. The fourth-order valence-electron chi connectivity index (χ4n) is 2.04. The van der Waals surface area contributed by atoms with Crippen LogP contribution in [0.25, 0.3) is 0 Å². The molecule has 5 heteroatoms. The highest BCUT2D eigenvalue weighted by atomic mass is 127. The summed E-state index contributed by atoms with van der Waals surface area (Å²) in [6.45, 7) is 12.8. The zero-order valence-corrected chi connectivity index (χ0v) is 16.5. The summed E-state index contributed by atoms with van der Waals surface area (Å²) in [4.78, 5) is 6.88. The predicted molar refractivity (Wildman–Crippen MR) is 104 cm³/mol. The molecule has 0 atom stereocenters. The van der Waals surface area contributed by atoms with E-state index < -0.39 is 0 Å². The van der Waals surface area contributed by atoms with Crippen LogP contribution in [-0.2, 0) is 0 Å². The molecule has 0 saturated heterocycles. The van der Waals surface area contributed by atoms with Crippen LogP contribution in [-0.4, -0.2) is 49.3 Å². The Hall–Kier alpha value is -0.300. The van der Waals surface area contributed by atoms with E-state index in [0.29, 0.717) is 6.54 Å². The smallest absolute Gasteiger partial charge is 0.193 e. The summed E-state index contributed by atoms with van der Waals surface area (Å²) in [6.07, 6.45) is 5.94. The first kappa shape index (κ1) is 23.0. The van der Waals surface area contributed by atoms with E-state index in [4.69, 9.17) is 4.99 Å². The number of aliphatic imine (C=N–C) groups is 1. The van der Waals surface area contributed by atoms with Crippen LogP contribution in [0.2, 0.25) is 0 Å². The van der Waals surface area contributed by atoms with Crippen molar-refractivity contribution in [2.24, 2.45) is 10.4 Å². The number of rotatable bonds is 10. The Labute approximate surface area is 148 Å². The standard InChI is InChI=1S/C16H33N3O.HI/c1-6-10-11-12-19(5)15(17-9-4)18-13-16(7-2,8-3)14-20;/h6,20H,1,7-14H2,2-5H3,(H,17,18);1H. The fraction of sp³-hybridized carbons (Fsp3) is 0.812. The van der Waals surface area contributed by atoms with E-state index in [9.17, 15) is 5.11 Å². The number of nitrogens with one attached hydrogen (secondary N) is 1. The molecule has 0 heterocycles. The summed E-state index contributed by atoms with van der Waals surface area (Å²) in [5, 5.41) is 12.9. The second-order valence-corrected chi connectivity index (χ2v) is 5.39. The van der Waals surface area contributed by atoms with Gasteiger partial charge in [-0.2, -0.15) is 0 Å². The van der Waals surface area contributed by atoms with E-state index in [1.54, 1.807) is 0 Å². The molecule has 0 fully saturated rings. The van der Waals surface area contributed by atoms with Gasteiger partial charge in [0.25, 0.3) is 0 Å². The maximum atomic E-state index is 9.62.